The highest BCUT2D eigenvalue weighted by Gasteiger charge is 2.22. The number of nitro benzene ring substituents is 1. The maximum absolute atomic E-state index is 10.9. The first-order valence-corrected chi connectivity index (χ1v) is 4.85. The maximum atomic E-state index is 10.9. The van der Waals surface area contributed by atoms with E-state index in [1.165, 1.54) is 18.2 Å². The zero-order valence-electron chi connectivity index (χ0n) is 9.08. The lowest BCUT2D eigenvalue weighted by Crippen LogP contribution is -2.21. The molecule has 0 saturated carbocycles. The van der Waals surface area contributed by atoms with Crippen LogP contribution in [0, 0.1) is 10.1 Å². The standard InChI is InChI=1S/C10H12N2O5/c1-6(5-13)11-9-7(10(14)15)3-2-4-8(9)12(16)17/h2-4,6,11,13H,5H2,1H3,(H,14,15). The molecule has 0 heterocycles. The van der Waals surface area contributed by atoms with E-state index in [9.17, 15) is 14.9 Å². The van der Waals surface area contributed by atoms with E-state index in [0.29, 0.717) is 0 Å². The summed E-state index contributed by atoms with van der Waals surface area (Å²) in [5, 5.41) is 31.2. The number of nitro groups is 1. The van der Waals surface area contributed by atoms with Gasteiger partial charge in [-0.3, -0.25) is 10.1 Å². The summed E-state index contributed by atoms with van der Waals surface area (Å²) in [5.41, 5.74) is -0.615. The summed E-state index contributed by atoms with van der Waals surface area (Å²) < 4.78 is 0. The summed E-state index contributed by atoms with van der Waals surface area (Å²) >= 11 is 0. The highest BCUT2D eigenvalue weighted by molar-refractivity contribution is 5.96. The smallest absolute Gasteiger partial charge is 0.338 e. The molecule has 0 radical (unpaired) electrons. The molecule has 0 amide bonds. The van der Waals surface area contributed by atoms with Gasteiger partial charge in [0.2, 0.25) is 0 Å². The molecule has 7 heteroatoms. The number of carboxylic acid groups (broad SMARTS) is 1. The quantitative estimate of drug-likeness (QED) is 0.524. The Kier molecular flexibility index (Phi) is 4.00. The van der Waals surface area contributed by atoms with Crippen molar-refractivity contribution in [1.29, 1.82) is 0 Å². The second-order valence-corrected chi connectivity index (χ2v) is 3.49. The molecule has 17 heavy (non-hydrogen) atoms. The van der Waals surface area contributed by atoms with E-state index >= 15 is 0 Å². The summed E-state index contributed by atoms with van der Waals surface area (Å²) in [6.07, 6.45) is 0. The Morgan fingerprint density at radius 2 is 2.24 bits per heavy atom. The average molecular weight is 240 g/mol. The lowest BCUT2D eigenvalue weighted by atomic mass is 10.1. The molecular weight excluding hydrogens is 228 g/mol. The summed E-state index contributed by atoms with van der Waals surface area (Å²) in [5.74, 6) is -1.26. The number of nitrogens with one attached hydrogen (secondary N) is 1. The number of hydrogen-bond donors (Lipinski definition) is 3. The summed E-state index contributed by atoms with van der Waals surface area (Å²) in [6.45, 7) is 1.33. The molecule has 0 bridgehead atoms. The van der Waals surface area contributed by atoms with Gasteiger partial charge < -0.3 is 15.5 Å². The fourth-order valence-electron chi connectivity index (χ4n) is 1.31. The van der Waals surface area contributed by atoms with Gasteiger partial charge in [-0.15, -0.1) is 0 Å². The highest BCUT2D eigenvalue weighted by atomic mass is 16.6. The first kappa shape index (κ1) is 12.9. The maximum Gasteiger partial charge on any atom is 0.338 e. The predicted octanol–water partition coefficient (Wildman–Crippen LogP) is 1.09. The lowest BCUT2D eigenvalue weighted by molar-refractivity contribution is -0.384. The molecule has 0 fully saturated rings. The molecule has 0 spiro atoms. The number of aliphatic hydroxyl groups excluding tert-OH is 1. The number of rotatable bonds is 5. The number of hydrogen-bond acceptors (Lipinski definition) is 5. The van der Waals surface area contributed by atoms with Crippen LogP contribution in [0.2, 0.25) is 0 Å². The molecule has 1 aromatic carbocycles. The van der Waals surface area contributed by atoms with E-state index < -0.39 is 16.9 Å². The van der Waals surface area contributed by atoms with Crippen molar-refractivity contribution in [2.45, 2.75) is 13.0 Å². The summed E-state index contributed by atoms with van der Waals surface area (Å²) in [7, 11) is 0. The zero-order valence-corrected chi connectivity index (χ0v) is 9.08. The van der Waals surface area contributed by atoms with Crippen LogP contribution in [0.25, 0.3) is 0 Å². The first-order valence-electron chi connectivity index (χ1n) is 4.85. The molecular formula is C10H12N2O5. The van der Waals surface area contributed by atoms with Crippen molar-refractivity contribution in [2.24, 2.45) is 0 Å². The second kappa shape index (κ2) is 5.26. The SMILES string of the molecule is CC(CO)Nc1c(C(=O)O)cccc1[N+](=O)[O-]. The number of aromatic carboxylic acids is 1. The number of carboxylic acids is 1. The molecule has 0 aromatic heterocycles. The van der Waals surface area contributed by atoms with Crippen molar-refractivity contribution in [2.75, 3.05) is 11.9 Å². The lowest BCUT2D eigenvalue weighted by Gasteiger charge is -2.14. The van der Waals surface area contributed by atoms with Crippen LogP contribution in [0.1, 0.15) is 17.3 Å². The van der Waals surface area contributed by atoms with Gasteiger partial charge in [0.05, 0.1) is 17.1 Å². The molecule has 0 aliphatic carbocycles. The number of carbonyl (C=O) groups is 1. The normalized spacial score (nSPS) is 11.9. The van der Waals surface area contributed by atoms with Gasteiger partial charge in [0.25, 0.3) is 5.69 Å². The molecule has 1 aromatic rings. The van der Waals surface area contributed by atoms with Crippen LogP contribution in [0.15, 0.2) is 18.2 Å². The fourth-order valence-corrected chi connectivity index (χ4v) is 1.31. The van der Waals surface area contributed by atoms with Crippen LogP contribution in [0.5, 0.6) is 0 Å². The Bertz CT molecular complexity index is 414. The van der Waals surface area contributed by atoms with E-state index in [4.69, 9.17) is 10.2 Å². The number of para-hydroxylation sites is 1. The first-order chi connectivity index (χ1) is 7.97. The Hall–Kier alpha value is -2.15. The molecule has 1 unspecified atom stereocenters. The van der Waals surface area contributed by atoms with Crippen molar-refractivity contribution in [3.63, 3.8) is 0 Å². The minimum absolute atomic E-state index is 0.0912. The molecule has 1 atom stereocenters. The molecule has 0 saturated heterocycles. The van der Waals surface area contributed by atoms with Crippen molar-refractivity contribution in [1.82, 2.24) is 0 Å². The number of nitrogens with zero attached hydrogens (tertiary/aromatic N) is 1. The van der Waals surface area contributed by atoms with Gasteiger partial charge in [-0.1, -0.05) is 6.07 Å². The van der Waals surface area contributed by atoms with Crippen molar-refractivity contribution >= 4 is 17.3 Å². The topological polar surface area (TPSA) is 113 Å². The van der Waals surface area contributed by atoms with Crippen LogP contribution >= 0.6 is 0 Å². The van der Waals surface area contributed by atoms with E-state index in [0.717, 1.165) is 0 Å². The average Bonchev–Trinajstić information content (AvgIpc) is 2.28. The van der Waals surface area contributed by atoms with Gasteiger partial charge in [-0.25, -0.2) is 4.79 Å². The van der Waals surface area contributed by atoms with E-state index in [1.807, 2.05) is 0 Å². The zero-order chi connectivity index (χ0) is 13.0. The second-order valence-electron chi connectivity index (χ2n) is 3.49. The van der Waals surface area contributed by atoms with E-state index in [2.05, 4.69) is 5.32 Å². The molecule has 0 aliphatic rings. The van der Waals surface area contributed by atoms with Crippen molar-refractivity contribution in [3.8, 4) is 0 Å². The molecule has 7 nitrogen and oxygen atoms in total. The van der Waals surface area contributed by atoms with E-state index in [-0.39, 0.29) is 23.5 Å². The largest absolute Gasteiger partial charge is 0.478 e. The Morgan fingerprint density at radius 1 is 1.59 bits per heavy atom. The van der Waals surface area contributed by atoms with Crippen molar-refractivity contribution < 1.29 is 19.9 Å². The molecule has 3 N–H and O–H groups in total. The Labute approximate surface area is 96.8 Å². The van der Waals surface area contributed by atoms with E-state index in [1.54, 1.807) is 6.92 Å². The van der Waals surface area contributed by atoms with Crippen LogP contribution in [-0.4, -0.2) is 33.8 Å². The van der Waals surface area contributed by atoms with Crippen LogP contribution in [0.3, 0.4) is 0 Å². The number of aliphatic hydroxyl groups is 1. The van der Waals surface area contributed by atoms with Crippen LogP contribution in [-0.2, 0) is 0 Å². The number of anilines is 1. The third-order valence-electron chi connectivity index (χ3n) is 2.13. The van der Waals surface area contributed by atoms with Gasteiger partial charge in [0.1, 0.15) is 5.69 Å². The third kappa shape index (κ3) is 2.91. The Balaban J connectivity index is 3.28. The molecule has 92 valence electrons. The monoisotopic (exact) mass is 240 g/mol. The van der Waals surface area contributed by atoms with Gasteiger partial charge in [-0.2, -0.15) is 0 Å². The molecule has 0 aliphatic heterocycles. The van der Waals surface area contributed by atoms with Gasteiger partial charge >= 0.3 is 5.97 Å². The van der Waals surface area contributed by atoms with Gasteiger partial charge in [-0.05, 0) is 13.0 Å². The summed E-state index contributed by atoms with van der Waals surface area (Å²) in [6, 6.07) is 3.30. The molecule has 1 rings (SSSR count). The van der Waals surface area contributed by atoms with Crippen LogP contribution in [0.4, 0.5) is 11.4 Å². The Morgan fingerprint density at radius 3 is 2.71 bits per heavy atom. The minimum atomic E-state index is -1.26. The van der Waals surface area contributed by atoms with Crippen LogP contribution < -0.4 is 5.32 Å². The minimum Gasteiger partial charge on any atom is -0.478 e. The predicted molar refractivity (Wildman–Crippen MR) is 60.2 cm³/mol. The summed E-state index contributed by atoms with van der Waals surface area (Å²) in [4.78, 5) is 21.1. The third-order valence-corrected chi connectivity index (χ3v) is 2.13. The fraction of sp³-hybridized carbons (Fsp3) is 0.300. The van der Waals surface area contributed by atoms with Crippen molar-refractivity contribution in [3.05, 3.63) is 33.9 Å². The van der Waals surface area contributed by atoms with Gasteiger partial charge in [0.15, 0.2) is 0 Å². The highest BCUT2D eigenvalue weighted by Crippen LogP contribution is 2.28. The number of benzene rings is 1. The van der Waals surface area contributed by atoms with Gasteiger partial charge in [0, 0.05) is 12.1 Å².